The van der Waals surface area contributed by atoms with Crippen molar-refractivity contribution in [3.63, 3.8) is 0 Å². The van der Waals surface area contributed by atoms with Gasteiger partial charge in [0.05, 0.1) is 0 Å². The van der Waals surface area contributed by atoms with Crippen LogP contribution in [-0.2, 0) is 4.74 Å². The molecule has 0 amide bonds. The average Bonchev–Trinajstić information content (AvgIpc) is 1.89. The van der Waals surface area contributed by atoms with E-state index in [1.54, 1.807) is 0 Å². The van der Waals surface area contributed by atoms with Gasteiger partial charge in [0, 0.05) is 7.11 Å². The fraction of sp³-hybridized carbons (Fsp3) is 1.00. The maximum absolute atomic E-state index is 8.86. The summed E-state index contributed by atoms with van der Waals surface area (Å²) in [5, 5.41) is 8.86. The molecule has 0 rings (SSSR count). The third-order valence-electron chi connectivity index (χ3n) is 1.33. The number of aliphatic hydroxyl groups is 1. The Morgan fingerprint density at radius 1 is 1.44 bits per heavy atom. The van der Waals surface area contributed by atoms with Crippen LogP contribution in [0.4, 0.5) is 0 Å². The molecule has 0 aromatic carbocycles. The van der Waals surface area contributed by atoms with Crippen LogP contribution in [0.3, 0.4) is 0 Å². The number of ether oxygens (including phenoxy) is 1. The van der Waals surface area contributed by atoms with Gasteiger partial charge in [-0.25, -0.2) is 0 Å². The van der Waals surface area contributed by atoms with Crippen LogP contribution in [-0.4, -0.2) is 18.5 Å². The summed E-state index contributed by atoms with van der Waals surface area (Å²) in [6.45, 7) is 2.14. The molecule has 0 aromatic heterocycles. The minimum Gasteiger partial charge on any atom is -0.368 e. The predicted molar refractivity (Wildman–Crippen MR) is 37.2 cm³/mol. The number of methoxy groups -OCH3 is 1. The summed E-state index contributed by atoms with van der Waals surface area (Å²) in [7, 11) is 1.52. The van der Waals surface area contributed by atoms with Gasteiger partial charge in [0.25, 0.3) is 0 Å². The number of hydrogen-bond donors (Lipinski definition) is 1. The Morgan fingerprint density at radius 2 is 2.11 bits per heavy atom. The Kier molecular flexibility index (Phi) is 5.99. The first-order valence-electron chi connectivity index (χ1n) is 3.52. The molecule has 1 unspecified atom stereocenters. The molecule has 0 saturated heterocycles. The van der Waals surface area contributed by atoms with Crippen molar-refractivity contribution in [3.05, 3.63) is 0 Å². The molecular weight excluding hydrogens is 116 g/mol. The molecule has 9 heavy (non-hydrogen) atoms. The van der Waals surface area contributed by atoms with Crippen molar-refractivity contribution in [1.82, 2.24) is 0 Å². The Labute approximate surface area is 56.8 Å². The van der Waals surface area contributed by atoms with E-state index >= 15 is 0 Å². The van der Waals surface area contributed by atoms with Crippen LogP contribution in [0.1, 0.15) is 32.6 Å². The minimum absolute atomic E-state index is 0.545. The second-order valence-corrected chi connectivity index (χ2v) is 2.19. The van der Waals surface area contributed by atoms with E-state index in [9.17, 15) is 0 Å². The van der Waals surface area contributed by atoms with Crippen LogP contribution in [0.25, 0.3) is 0 Å². The van der Waals surface area contributed by atoms with Gasteiger partial charge in [-0.05, 0) is 12.8 Å². The lowest BCUT2D eigenvalue weighted by Gasteiger charge is -2.05. The van der Waals surface area contributed by atoms with E-state index < -0.39 is 6.29 Å². The minimum atomic E-state index is -0.545. The fourth-order valence-electron chi connectivity index (χ4n) is 0.687. The molecule has 0 saturated carbocycles. The molecule has 0 radical (unpaired) electrons. The second kappa shape index (κ2) is 6.05. The molecule has 2 nitrogen and oxygen atoms in total. The Morgan fingerprint density at radius 3 is 2.56 bits per heavy atom. The average molecular weight is 132 g/mol. The van der Waals surface area contributed by atoms with Gasteiger partial charge in [0.2, 0.25) is 0 Å². The van der Waals surface area contributed by atoms with E-state index in [4.69, 9.17) is 5.11 Å². The lowest BCUT2D eigenvalue weighted by atomic mass is 10.2. The third kappa shape index (κ3) is 5.80. The third-order valence-corrected chi connectivity index (χ3v) is 1.33. The topological polar surface area (TPSA) is 29.5 Å². The van der Waals surface area contributed by atoms with Gasteiger partial charge in [-0.1, -0.05) is 19.8 Å². The number of rotatable bonds is 5. The van der Waals surface area contributed by atoms with E-state index in [-0.39, 0.29) is 0 Å². The van der Waals surface area contributed by atoms with Crippen LogP contribution in [0.2, 0.25) is 0 Å². The molecule has 0 spiro atoms. The zero-order valence-electron chi connectivity index (χ0n) is 6.26. The van der Waals surface area contributed by atoms with Gasteiger partial charge >= 0.3 is 0 Å². The molecule has 0 aromatic rings. The molecule has 56 valence electrons. The Hall–Kier alpha value is -0.0800. The molecule has 0 bridgehead atoms. The lowest BCUT2D eigenvalue weighted by Crippen LogP contribution is -2.07. The summed E-state index contributed by atoms with van der Waals surface area (Å²) in [6, 6.07) is 0. The SMILES string of the molecule is CCCCCC(O)OC. The zero-order chi connectivity index (χ0) is 7.11. The van der Waals surface area contributed by atoms with E-state index in [1.165, 1.54) is 20.0 Å². The number of unbranched alkanes of at least 4 members (excludes halogenated alkanes) is 2. The van der Waals surface area contributed by atoms with Gasteiger partial charge in [0.15, 0.2) is 6.29 Å². The highest BCUT2D eigenvalue weighted by molar-refractivity contribution is 4.41. The van der Waals surface area contributed by atoms with Crippen LogP contribution < -0.4 is 0 Å². The standard InChI is InChI=1S/C7H16O2/c1-3-4-5-6-7(8)9-2/h7-8H,3-6H2,1-2H3. The summed E-state index contributed by atoms with van der Waals surface area (Å²) in [5.41, 5.74) is 0. The molecule has 0 aliphatic heterocycles. The quantitative estimate of drug-likeness (QED) is 0.454. The first-order valence-corrected chi connectivity index (χ1v) is 3.52. The maximum Gasteiger partial charge on any atom is 0.154 e. The number of hydrogen-bond acceptors (Lipinski definition) is 2. The fourth-order valence-corrected chi connectivity index (χ4v) is 0.687. The summed E-state index contributed by atoms with van der Waals surface area (Å²) in [5.74, 6) is 0. The highest BCUT2D eigenvalue weighted by Gasteiger charge is 1.97. The number of aliphatic hydroxyl groups excluding tert-OH is 1. The van der Waals surface area contributed by atoms with Crippen LogP contribution in [0, 0.1) is 0 Å². The van der Waals surface area contributed by atoms with Gasteiger partial charge < -0.3 is 9.84 Å². The lowest BCUT2D eigenvalue weighted by molar-refractivity contribution is -0.0792. The predicted octanol–water partition coefficient (Wildman–Crippen LogP) is 1.53. The zero-order valence-corrected chi connectivity index (χ0v) is 6.26. The van der Waals surface area contributed by atoms with Crippen molar-refractivity contribution in [1.29, 1.82) is 0 Å². The summed E-state index contributed by atoms with van der Waals surface area (Å²) in [6.07, 6.45) is 3.66. The Bertz CT molecular complexity index is 54.9. The van der Waals surface area contributed by atoms with Crippen LogP contribution >= 0.6 is 0 Å². The normalized spacial score (nSPS) is 13.7. The summed E-state index contributed by atoms with van der Waals surface area (Å²) < 4.78 is 4.65. The summed E-state index contributed by atoms with van der Waals surface area (Å²) >= 11 is 0. The van der Waals surface area contributed by atoms with Crippen molar-refractivity contribution in [2.75, 3.05) is 7.11 Å². The monoisotopic (exact) mass is 132 g/mol. The molecule has 2 heteroatoms. The van der Waals surface area contributed by atoms with E-state index in [1.807, 2.05) is 0 Å². The molecule has 0 heterocycles. The van der Waals surface area contributed by atoms with Crippen molar-refractivity contribution < 1.29 is 9.84 Å². The molecule has 1 atom stereocenters. The van der Waals surface area contributed by atoms with Crippen molar-refractivity contribution in [3.8, 4) is 0 Å². The first kappa shape index (κ1) is 8.92. The van der Waals surface area contributed by atoms with Gasteiger partial charge in [-0.3, -0.25) is 0 Å². The van der Waals surface area contributed by atoms with Crippen molar-refractivity contribution >= 4 is 0 Å². The van der Waals surface area contributed by atoms with Crippen molar-refractivity contribution in [2.45, 2.75) is 38.9 Å². The molecule has 0 aliphatic carbocycles. The maximum atomic E-state index is 8.86. The molecule has 0 fully saturated rings. The van der Waals surface area contributed by atoms with Gasteiger partial charge in [-0.15, -0.1) is 0 Å². The Balaban J connectivity index is 2.88. The second-order valence-electron chi connectivity index (χ2n) is 2.19. The van der Waals surface area contributed by atoms with E-state index in [0.717, 1.165) is 12.8 Å². The highest BCUT2D eigenvalue weighted by Crippen LogP contribution is 2.02. The van der Waals surface area contributed by atoms with E-state index in [0.29, 0.717) is 0 Å². The van der Waals surface area contributed by atoms with Crippen LogP contribution in [0.5, 0.6) is 0 Å². The van der Waals surface area contributed by atoms with Gasteiger partial charge in [-0.2, -0.15) is 0 Å². The van der Waals surface area contributed by atoms with Gasteiger partial charge in [0.1, 0.15) is 0 Å². The smallest absolute Gasteiger partial charge is 0.154 e. The molecule has 1 N–H and O–H groups in total. The molecular formula is C7H16O2. The van der Waals surface area contributed by atoms with Crippen LogP contribution in [0.15, 0.2) is 0 Å². The first-order chi connectivity index (χ1) is 4.31. The van der Waals surface area contributed by atoms with Crippen molar-refractivity contribution in [2.24, 2.45) is 0 Å². The highest BCUT2D eigenvalue weighted by atomic mass is 16.6. The molecule has 0 aliphatic rings. The van der Waals surface area contributed by atoms with E-state index in [2.05, 4.69) is 11.7 Å². The largest absolute Gasteiger partial charge is 0.368 e. The summed E-state index contributed by atoms with van der Waals surface area (Å²) in [4.78, 5) is 0.